The van der Waals surface area contributed by atoms with E-state index in [-0.39, 0.29) is 11.6 Å². The smallest absolute Gasteiger partial charge is 0.330 e. The molecular formula is C9H13IO2. The Labute approximate surface area is 86.5 Å². The van der Waals surface area contributed by atoms with Gasteiger partial charge in [-0.2, -0.15) is 0 Å². The fraction of sp³-hybridized carbons (Fsp3) is 0.667. The monoisotopic (exact) mass is 280 g/mol. The highest BCUT2D eigenvalue weighted by Crippen LogP contribution is 2.26. The Balaban J connectivity index is 2.48. The van der Waals surface area contributed by atoms with Crippen LogP contribution in [-0.2, 0) is 9.53 Å². The molecule has 0 aromatic rings. The molecule has 0 amide bonds. The van der Waals surface area contributed by atoms with Crippen LogP contribution in [0.15, 0.2) is 12.2 Å². The predicted molar refractivity (Wildman–Crippen MR) is 56.4 cm³/mol. The van der Waals surface area contributed by atoms with Gasteiger partial charge in [-0.05, 0) is 24.2 Å². The van der Waals surface area contributed by atoms with Gasteiger partial charge in [0.1, 0.15) is 5.60 Å². The first kappa shape index (κ1) is 10.0. The van der Waals surface area contributed by atoms with Gasteiger partial charge >= 0.3 is 5.97 Å². The zero-order valence-electron chi connectivity index (χ0n) is 7.18. The third kappa shape index (κ3) is 2.77. The van der Waals surface area contributed by atoms with Crippen molar-refractivity contribution in [3.05, 3.63) is 12.2 Å². The van der Waals surface area contributed by atoms with Crippen LogP contribution in [0.25, 0.3) is 0 Å². The van der Waals surface area contributed by atoms with E-state index in [2.05, 4.69) is 22.6 Å². The van der Waals surface area contributed by atoms with E-state index in [9.17, 15) is 4.79 Å². The van der Waals surface area contributed by atoms with E-state index in [1.807, 2.05) is 13.0 Å². The second-order valence-electron chi connectivity index (χ2n) is 3.27. The van der Waals surface area contributed by atoms with Crippen molar-refractivity contribution in [2.24, 2.45) is 0 Å². The average Bonchev–Trinajstić information content (AvgIpc) is 2.01. The van der Waals surface area contributed by atoms with Crippen molar-refractivity contribution in [3.63, 3.8) is 0 Å². The van der Waals surface area contributed by atoms with Gasteiger partial charge in [-0.1, -0.05) is 28.7 Å². The van der Waals surface area contributed by atoms with Gasteiger partial charge in [0.2, 0.25) is 0 Å². The molecule has 0 N–H and O–H groups in total. The Kier molecular flexibility index (Phi) is 3.55. The third-order valence-electron chi connectivity index (χ3n) is 1.99. The molecule has 0 saturated carbocycles. The van der Waals surface area contributed by atoms with E-state index >= 15 is 0 Å². The molecule has 1 atom stereocenters. The molecule has 1 rings (SSSR count). The van der Waals surface area contributed by atoms with Crippen LogP contribution < -0.4 is 0 Å². The first-order valence-corrected chi connectivity index (χ1v) is 5.64. The highest BCUT2D eigenvalue weighted by Gasteiger charge is 2.28. The Morgan fingerprint density at radius 3 is 3.08 bits per heavy atom. The number of halogens is 1. The Morgan fingerprint density at radius 1 is 1.75 bits per heavy atom. The maximum atomic E-state index is 10.9. The number of rotatable bonds is 3. The standard InChI is InChI=1S/C9H13IO2/c1-9(6-3-7-10)5-2-4-8(11)12-9/h2,4H,3,5-7H2,1H3. The van der Waals surface area contributed by atoms with Crippen LogP contribution in [0.5, 0.6) is 0 Å². The van der Waals surface area contributed by atoms with E-state index in [4.69, 9.17) is 4.74 Å². The molecule has 0 saturated heterocycles. The number of carbonyl (C=O) groups is 1. The summed E-state index contributed by atoms with van der Waals surface area (Å²) >= 11 is 2.34. The van der Waals surface area contributed by atoms with Crippen molar-refractivity contribution >= 4 is 28.6 Å². The summed E-state index contributed by atoms with van der Waals surface area (Å²) < 4.78 is 6.37. The largest absolute Gasteiger partial charge is 0.456 e. The molecule has 1 unspecified atom stereocenters. The maximum absolute atomic E-state index is 10.9. The van der Waals surface area contributed by atoms with Crippen molar-refractivity contribution in [1.29, 1.82) is 0 Å². The van der Waals surface area contributed by atoms with Gasteiger partial charge in [-0.25, -0.2) is 4.79 Å². The number of carbonyl (C=O) groups excluding carboxylic acids is 1. The summed E-state index contributed by atoms with van der Waals surface area (Å²) in [4.78, 5) is 10.9. The van der Waals surface area contributed by atoms with Gasteiger partial charge in [-0.3, -0.25) is 0 Å². The summed E-state index contributed by atoms with van der Waals surface area (Å²) in [7, 11) is 0. The molecule has 68 valence electrons. The van der Waals surface area contributed by atoms with Crippen LogP contribution in [-0.4, -0.2) is 16.0 Å². The van der Waals surface area contributed by atoms with Crippen molar-refractivity contribution in [3.8, 4) is 0 Å². The molecule has 12 heavy (non-hydrogen) atoms. The van der Waals surface area contributed by atoms with Crippen LogP contribution in [0.3, 0.4) is 0 Å². The minimum Gasteiger partial charge on any atom is -0.456 e. The first-order valence-electron chi connectivity index (χ1n) is 4.12. The Bertz CT molecular complexity index is 201. The molecule has 0 fully saturated rings. The highest BCUT2D eigenvalue weighted by atomic mass is 127. The van der Waals surface area contributed by atoms with Crippen molar-refractivity contribution < 1.29 is 9.53 Å². The lowest BCUT2D eigenvalue weighted by Crippen LogP contribution is -2.33. The van der Waals surface area contributed by atoms with Gasteiger partial charge in [0, 0.05) is 12.5 Å². The second kappa shape index (κ2) is 4.25. The molecule has 0 bridgehead atoms. The summed E-state index contributed by atoms with van der Waals surface area (Å²) in [6, 6.07) is 0. The molecule has 0 aromatic carbocycles. The van der Waals surface area contributed by atoms with Crippen LogP contribution in [0.4, 0.5) is 0 Å². The van der Waals surface area contributed by atoms with Crippen LogP contribution in [0.2, 0.25) is 0 Å². The van der Waals surface area contributed by atoms with E-state index in [0.29, 0.717) is 0 Å². The molecule has 1 aliphatic rings. The highest BCUT2D eigenvalue weighted by molar-refractivity contribution is 14.1. The van der Waals surface area contributed by atoms with Gasteiger partial charge < -0.3 is 4.74 Å². The molecular weight excluding hydrogens is 267 g/mol. The summed E-state index contributed by atoms with van der Waals surface area (Å²) in [5.74, 6) is -0.197. The molecule has 0 radical (unpaired) electrons. The SMILES string of the molecule is CC1(CCCI)CC=CC(=O)O1. The topological polar surface area (TPSA) is 26.3 Å². The Morgan fingerprint density at radius 2 is 2.50 bits per heavy atom. The molecule has 0 spiro atoms. The molecule has 0 aliphatic carbocycles. The van der Waals surface area contributed by atoms with E-state index in [1.54, 1.807) is 0 Å². The van der Waals surface area contributed by atoms with Gasteiger partial charge in [0.05, 0.1) is 0 Å². The van der Waals surface area contributed by atoms with Gasteiger partial charge in [0.25, 0.3) is 0 Å². The Hall–Kier alpha value is -0.0600. The molecule has 0 aromatic heterocycles. The lowest BCUT2D eigenvalue weighted by Gasteiger charge is -2.30. The first-order chi connectivity index (χ1) is 5.66. The lowest BCUT2D eigenvalue weighted by molar-refractivity contribution is -0.153. The lowest BCUT2D eigenvalue weighted by atomic mass is 9.94. The second-order valence-corrected chi connectivity index (χ2v) is 4.35. The molecule has 1 heterocycles. The number of cyclic esters (lactones) is 1. The van der Waals surface area contributed by atoms with Crippen molar-refractivity contribution in [2.45, 2.75) is 31.8 Å². The number of alkyl halides is 1. The molecule has 2 nitrogen and oxygen atoms in total. The van der Waals surface area contributed by atoms with Crippen LogP contribution in [0.1, 0.15) is 26.2 Å². The summed E-state index contributed by atoms with van der Waals surface area (Å²) in [6.07, 6.45) is 6.34. The van der Waals surface area contributed by atoms with Crippen LogP contribution in [0, 0.1) is 0 Å². The number of esters is 1. The van der Waals surface area contributed by atoms with Crippen molar-refractivity contribution in [2.75, 3.05) is 4.43 Å². The van der Waals surface area contributed by atoms with E-state index in [1.165, 1.54) is 6.08 Å². The number of ether oxygens (including phenoxy) is 1. The number of hydrogen-bond acceptors (Lipinski definition) is 2. The zero-order valence-corrected chi connectivity index (χ0v) is 9.34. The van der Waals surface area contributed by atoms with Crippen LogP contribution >= 0.6 is 22.6 Å². The maximum Gasteiger partial charge on any atom is 0.330 e. The minimum atomic E-state index is -0.239. The summed E-state index contributed by atoms with van der Waals surface area (Å²) in [5, 5.41) is 0. The van der Waals surface area contributed by atoms with E-state index < -0.39 is 0 Å². The summed E-state index contributed by atoms with van der Waals surface area (Å²) in [5.41, 5.74) is -0.239. The fourth-order valence-corrected chi connectivity index (χ4v) is 1.70. The minimum absolute atomic E-state index is 0.197. The normalized spacial score (nSPS) is 28.7. The van der Waals surface area contributed by atoms with Crippen molar-refractivity contribution in [1.82, 2.24) is 0 Å². The van der Waals surface area contributed by atoms with E-state index in [0.717, 1.165) is 23.7 Å². The summed E-state index contributed by atoms with van der Waals surface area (Å²) in [6.45, 7) is 2.00. The predicted octanol–water partition coefficient (Wildman–Crippen LogP) is 2.46. The van der Waals surface area contributed by atoms with Gasteiger partial charge in [-0.15, -0.1) is 0 Å². The zero-order chi connectivity index (χ0) is 9.03. The molecule has 3 heteroatoms. The fourth-order valence-electron chi connectivity index (χ4n) is 1.32. The third-order valence-corrected chi connectivity index (χ3v) is 2.75. The molecule has 1 aliphatic heterocycles. The van der Waals surface area contributed by atoms with Gasteiger partial charge in [0.15, 0.2) is 0 Å². The quantitative estimate of drug-likeness (QED) is 0.451. The average molecular weight is 280 g/mol. The number of hydrogen-bond donors (Lipinski definition) is 0.